The van der Waals surface area contributed by atoms with Crippen LogP contribution in [-0.2, 0) is 11.2 Å². The minimum absolute atomic E-state index is 0.148. The Balaban J connectivity index is 2.69. The van der Waals surface area contributed by atoms with E-state index in [2.05, 4.69) is 46.5 Å². The SMILES string of the molecule is CNC(Cc1cc(Br)cs1)C(C)(C)OC. The Bertz CT molecular complexity index is 311. The predicted octanol–water partition coefficient (Wildman–Crippen LogP) is 3.07. The van der Waals surface area contributed by atoms with Crippen molar-refractivity contribution in [3.05, 3.63) is 20.8 Å². The first-order valence-corrected chi connectivity index (χ1v) is 6.62. The maximum Gasteiger partial charge on any atom is 0.0778 e. The van der Waals surface area contributed by atoms with Crippen LogP contribution in [-0.4, -0.2) is 25.8 Å². The average molecular weight is 292 g/mol. The van der Waals surface area contributed by atoms with Gasteiger partial charge in [-0.3, -0.25) is 0 Å². The summed E-state index contributed by atoms with van der Waals surface area (Å²) < 4.78 is 6.66. The van der Waals surface area contributed by atoms with Crippen molar-refractivity contribution in [2.75, 3.05) is 14.2 Å². The van der Waals surface area contributed by atoms with E-state index in [9.17, 15) is 0 Å². The first-order chi connectivity index (χ1) is 6.99. The fraction of sp³-hybridized carbons (Fsp3) is 0.636. The lowest BCUT2D eigenvalue weighted by atomic mass is 9.95. The van der Waals surface area contributed by atoms with Crippen LogP contribution >= 0.6 is 27.3 Å². The van der Waals surface area contributed by atoms with Gasteiger partial charge in [0.05, 0.1) is 5.60 Å². The second-order valence-electron chi connectivity index (χ2n) is 4.08. The molecule has 1 rings (SSSR count). The van der Waals surface area contributed by atoms with Crippen LogP contribution in [0.2, 0.25) is 0 Å². The molecular formula is C11H18BrNOS. The third-order valence-electron chi connectivity index (χ3n) is 2.74. The number of halogens is 1. The maximum absolute atomic E-state index is 5.50. The molecule has 15 heavy (non-hydrogen) atoms. The number of ether oxygens (including phenoxy) is 1. The number of likely N-dealkylation sites (N-methyl/N-ethyl adjacent to an activating group) is 1. The Hall–Kier alpha value is 0.1000. The second-order valence-corrected chi connectivity index (χ2v) is 6.00. The van der Waals surface area contributed by atoms with Gasteiger partial charge in [0.1, 0.15) is 0 Å². The van der Waals surface area contributed by atoms with Gasteiger partial charge in [0.25, 0.3) is 0 Å². The molecule has 0 amide bonds. The van der Waals surface area contributed by atoms with Gasteiger partial charge < -0.3 is 10.1 Å². The van der Waals surface area contributed by atoms with Crippen LogP contribution in [0.4, 0.5) is 0 Å². The summed E-state index contributed by atoms with van der Waals surface area (Å²) in [6.45, 7) is 4.22. The van der Waals surface area contributed by atoms with E-state index in [1.54, 1.807) is 18.4 Å². The predicted molar refractivity (Wildman–Crippen MR) is 69.7 cm³/mol. The van der Waals surface area contributed by atoms with Crippen LogP contribution in [0.25, 0.3) is 0 Å². The van der Waals surface area contributed by atoms with Crippen molar-refractivity contribution in [1.82, 2.24) is 5.32 Å². The molecule has 1 N–H and O–H groups in total. The van der Waals surface area contributed by atoms with Crippen molar-refractivity contribution in [3.63, 3.8) is 0 Å². The highest BCUT2D eigenvalue weighted by Crippen LogP contribution is 2.24. The van der Waals surface area contributed by atoms with Crippen LogP contribution in [0.1, 0.15) is 18.7 Å². The second kappa shape index (κ2) is 5.43. The van der Waals surface area contributed by atoms with Crippen LogP contribution in [0.3, 0.4) is 0 Å². The molecule has 0 aromatic carbocycles. The Morgan fingerprint density at radius 2 is 2.27 bits per heavy atom. The number of rotatable bonds is 5. The summed E-state index contributed by atoms with van der Waals surface area (Å²) in [4.78, 5) is 1.37. The highest BCUT2D eigenvalue weighted by atomic mass is 79.9. The lowest BCUT2D eigenvalue weighted by molar-refractivity contribution is -0.00776. The zero-order chi connectivity index (χ0) is 11.5. The largest absolute Gasteiger partial charge is 0.377 e. The Morgan fingerprint density at radius 1 is 1.60 bits per heavy atom. The number of nitrogens with one attached hydrogen (secondary N) is 1. The highest BCUT2D eigenvalue weighted by molar-refractivity contribution is 9.10. The molecule has 1 atom stereocenters. The molecule has 86 valence electrons. The van der Waals surface area contributed by atoms with E-state index in [0.717, 1.165) is 10.9 Å². The molecular weight excluding hydrogens is 274 g/mol. The van der Waals surface area contributed by atoms with Crippen molar-refractivity contribution in [1.29, 1.82) is 0 Å². The van der Waals surface area contributed by atoms with Gasteiger partial charge in [0, 0.05) is 27.9 Å². The molecule has 0 fully saturated rings. The topological polar surface area (TPSA) is 21.3 Å². The van der Waals surface area contributed by atoms with E-state index < -0.39 is 0 Å². The molecule has 0 aliphatic heterocycles. The minimum atomic E-state index is -0.148. The van der Waals surface area contributed by atoms with Gasteiger partial charge in [-0.2, -0.15) is 0 Å². The van der Waals surface area contributed by atoms with Gasteiger partial charge >= 0.3 is 0 Å². The molecule has 4 heteroatoms. The molecule has 1 heterocycles. The summed E-state index contributed by atoms with van der Waals surface area (Å²) in [6, 6.07) is 2.49. The van der Waals surface area contributed by atoms with Crippen LogP contribution in [0.5, 0.6) is 0 Å². The van der Waals surface area contributed by atoms with Gasteiger partial charge in [0.2, 0.25) is 0 Å². The summed E-state index contributed by atoms with van der Waals surface area (Å²) in [5.41, 5.74) is -0.148. The summed E-state index contributed by atoms with van der Waals surface area (Å²) in [7, 11) is 3.74. The molecule has 0 saturated carbocycles. The fourth-order valence-electron chi connectivity index (χ4n) is 1.50. The molecule has 1 unspecified atom stereocenters. The molecule has 0 spiro atoms. The summed E-state index contributed by atoms with van der Waals surface area (Å²) in [5, 5.41) is 5.43. The maximum atomic E-state index is 5.50. The first kappa shape index (κ1) is 13.2. The van der Waals surface area contributed by atoms with E-state index in [0.29, 0.717) is 6.04 Å². The Kier molecular flexibility index (Phi) is 4.77. The Labute approximate surface area is 104 Å². The summed E-state index contributed by atoms with van der Waals surface area (Å²) in [6.07, 6.45) is 0.994. The molecule has 0 aliphatic rings. The van der Waals surface area contributed by atoms with Crippen molar-refractivity contribution in [2.24, 2.45) is 0 Å². The van der Waals surface area contributed by atoms with Crippen LogP contribution in [0.15, 0.2) is 15.9 Å². The standard InChI is InChI=1S/C11H18BrNOS/c1-11(2,14-4)10(13-3)6-9-5-8(12)7-15-9/h5,7,10,13H,6H2,1-4H3. The normalized spacial score (nSPS) is 14.2. The van der Waals surface area contributed by atoms with Gasteiger partial charge in [0.15, 0.2) is 0 Å². The molecule has 1 aromatic rings. The van der Waals surface area contributed by atoms with Gasteiger partial charge in [-0.05, 0) is 49.3 Å². The zero-order valence-electron chi connectivity index (χ0n) is 9.63. The molecule has 1 aromatic heterocycles. The van der Waals surface area contributed by atoms with E-state index in [1.807, 2.05) is 7.05 Å². The average Bonchev–Trinajstić information content (AvgIpc) is 2.60. The van der Waals surface area contributed by atoms with Crippen molar-refractivity contribution in [2.45, 2.75) is 31.9 Å². The third-order valence-corrected chi connectivity index (χ3v) is 4.46. The van der Waals surface area contributed by atoms with Gasteiger partial charge in [-0.25, -0.2) is 0 Å². The molecule has 0 bridgehead atoms. The number of hydrogen-bond donors (Lipinski definition) is 1. The number of thiophene rings is 1. The lowest BCUT2D eigenvalue weighted by Crippen LogP contribution is -2.47. The van der Waals surface area contributed by atoms with E-state index in [1.165, 1.54) is 4.88 Å². The third kappa shape index (κ3) is 3.55. The van der Waals surface area contributed by atoms with Crippen LogP contribution in [0, 0.1) is 0 Å². The fourth-order valence-corrected chi connectivity index (χ4v) is 3.00. The minimum Gasteiger partial charge on any atom is -0.377 e. The summed E-state index contributed by atoms with van der Waals surface area (Å²) in [5.74, 6) is 0. The van der Waals surface area contributed by atoms with Crippen molar-refractivity contribution in [3.8, 4) is 0 Å². The first-order valence-electron chi connectivity index (χ1n) is 4.95. The lowest BCUT2D eigenvalue weighted by Gasteiger charge is -2.32. The van der Waals surface area contributed by atoms with Crippen molar-refractivity contribution < 1.29 is 4.74 Å². The molecule has 2 nitrogen and oxygen atoms in total. The zero-order valence-corrected chi connectivity index (χ0v) is 12.0. The van der Waals surface area contributed by atoms with E-state index in [-0.39, 0.29) is 5.60 Å². The molecule has 0 radical (unpaired) electrons. The van der Waals surface area contributed by atoms with E-state index >= 15 is 0 Å². The van der Waals surface area contributed by atoms with Crippen molar-refractivity contribution >= 4 is 27.3 Å². The van der Waals surface area contributed by atoms with E-state index in [4.69, 9.17) is 4.74 Å². The molecule has 0 saturated heterocycles. The number of hydrogen-bond acceptors (Lipinski definition) is 3. The smallest absolute Gasteiger partial charge is 0.0778 e. The quantitative estimate of drug-likeness (QED) is 0.900. The summed E-state index contributed by atoms with van der Waals surface area (Å²) >= 11 is 5.25. The monoisotopic (exact) mass is 291 g/mol. The van der Waals surface area contributed by atoms with Gasteiger partial charge in [-0.1, -0.05) is 0 Å². The van der Waals surface area contributed by atoms with Gasteiger partial charge in [-0.15, -0.1) is 11.3 Å². The Morgan fingerprint density at radius 3 is 2.67 bits per heavy atom. The molecule has 0 aliphatic carbocycles. The van der Waals surface area contributed by atoms with Crippen LogP contribution < -0.4 is 5.32 Å². The number of methoxy groups -OCH3 is 1. The highest BCUT2D eigenvalue weighted by Gasteiger charge is 2.28.